The molecule has 1 fully saturated rings. The normalized spacial score (nSPS) is 27.7. The van der Waals surface area contributed by atoms with Crippen LogP contribution < -0.4 is 11.2 Å². The maximum absolute atomic E-state index is 13.5. The molecule has 1 aromatic rings. The first kappa shape index (κ1) is 13.3. The summed E-state index contributed by atoms with van der Waals surface area (Å²) in [4.78, 5) is 25.8. The van der Waals surface area contributed by atoms with Crippen molar-refractivity contribution in [3.63, 3.8) is 0 Å². The molecule has 3 unspecified atom stereocenters. The number of rotatable bonds is 2. The van der Waals surface area contributed by atoms with E-state index in [2.05, 4.69) is 11.9 Å². The van der Waals surface area contributed by atoms with Crippen LogP contribution in [-0.2, 0) is 0 Å². The van der Waals surface area contributed by atoms with Crippen LogP contribution >= 0.6 is 11.6 Å². The van der Waals surface area contributed by atoms with Crippen LogP contribution in [-0.4, -0.2) is 9.55 Å². The molecule has 0 amide bonds. The topological polar surface area (TPSA) is 54.9 Å². The van der Waals surface area contributed by atoms with Gasteiger partial charge in [0.2, 0.25) is 5.82 Å². The fourth-order valence-corrected chi connectivity index (χ4v) is 3.13. The van der Waals surface area contributed by atoms with Gasteiger partial charge in [0.1, 0.15) is 0 Å². The Morgan fingerprint density at radius 2 is 2.11 bits per heavy atom. The molecular formula is C12H16ClFN2O2. The van der Waals surface area contributed by atoms with Gasteiger partial charge in [-0.1, -0.05) is 31.9 Å². The molecule has 1 heterocycles. The second kappa shape index (κ2) is 4.88. The molecule has 0 aliphatic heterocycles. The molecule has 0 saturated heterocycles. The third kappa shape index (κ3) is 2.00. The monoisotopic (exact) mass is 274 g/mol. The molecule has 1 aromatic heterocycles. The van der Waals surface area contributed by atoms with Crippen molar-refractivity contribution < 1.29 is 4.39 Å². The molecule has 100 valence electrons. The van der Waals surface area contributed by atoms with E-state index < -0.39 is 22.2 Å². The molecule has 1 aliphatic rings. The Balaban J connectivity index is 2.51. The van der Waals surface area contributed by atoms with E-state index >= 15 is 0 Å². The Kier molecular flexibility index (Phi) is 3.61. The van der Waals surface area contributed by atoms with Crippen molar-refractivity contribution in [2.45, 2.75) is 39.2 Å². The minimum absolute atomic E-state index is 0.189. The maximum Gasteiger partial charge on any atom is 0.329 e. The summed E-state index contributed by atoms with van der Waals surface area (Å²) < 4.78 is 14.5. The number of nitrogens with one attached hydrogen (secondary N) is 1. The van der Waals surface area contributed by atoms with Crippen LogP contribution in [0.3, 0.4) is 0 Å². The Morgan fingerprint density at radius 1 is 1.44 bits per heavy atom. The first-order valence-electron chi connectivity index (χ1n) is 6.17. The van der Waals surface area contributed by atoms with Crippen LogP contribution in [0.2, 0.25) is 5.15 Å². The summed E-state index contributed by atoms with van der Waals surface area (Å²) in [7, 11) is 0. The number of aromatic amines is 1. The highest BCUT2D eigenvalue weighted by Gasteiger charge is 2.35. The number of halogens is 2. The van der Waals surface area contributed by atoms with E-state index in [1.807, 2.05) is 6.92 Å². The molecule has 1 saturated carbocycles. The van der Waals surface area contributed by atoms with E-state index in [0.29, 0.717) is 5.92 Å². The summed E-state index contributed by atoms with van der Waals surface area (Å²) in [5.41, 5.74) is -1.54. The van der Waals surface area contributed by atoms with Crippen molar-refractivity contribution in [1.82, 2.24) is 9.55 Å². The first-order valence-corrected chi connectivity index (χ1v) is 6.55. The van der Waals surface area contributed by atoms with Crippen molar-refractivity contribution in [1.29, 1.82) is 0 Å². The van der Waals surface area contributed by atoms with E-state index in [4.69, 9.17) is 11.6 Å². The van der Waals surface area contributed by atoms with Crippen LogP contribution in [0.4, 0.5) is 4.39 Å². The molecule has 3 atom stereocenters. The third-order valence-corrected chi connectivity index (χ3v) is 4.33. The van der Waals surface area contributed by atoms with Crippen molar-refractivity contribution >= 4 is 11.6 Å². The summed E-state index contributed by atoms with van der Waals surface area (Å²) in [6.45, 7) is 4.09. The van der Waals surface area contributed by atoms with Gasteiger partial charge in [0, 0.05) is 6.04 Å². The van der Waals surface area contributed by atoms with Gasteiger partial charge in [-0.15, -0.1) is 0 Å². The number of hydrogen-bond donors (Lipinski definition) is 1. The van der Waals surface area contributed by atoms with Gasteiger partial charge in [0.05, 0.1) is 0 Å². The lowest BCUT2D eigenvalue weighted by molar-refractivity contribution is 0.312. The van der Waals surface area contributed by atoms with E-state index in [1.54, 1.807) is 0 Å². The first-order chi connectivity index (χ1) is 8.47. The average molecular weight is 275 g/mol. The SMILES string of the molecule is CCC1CCC(n2c(=O)[nH]c(Cl)c(F)c2=O)C1C. The summed E-state index contributed by atoms with van der Waals surface area (Å²) in [6.07, 6.45) is 2.68. The third-order valence-electron chi connectivity index (χ3n) is 4.07. The molecule has 2 rings (SSSR count). The Morgan fingerprint density at radius 3 is 2.67 bits per heavy atom. The molecule has 1 aliphatic carbocycles. The molecule has 0 bridgehead atoms. The molecule has 1 N–H and O–H groups in total. The van der Waals surface area contributed by atoms with Gasteiger partial charge in [0.25, 0.3) is 5.56 Å². The zero-order valence-corrected chi connectivity index (χ0v) is 11.1. The molecule has 4 nitrogen and oxygen atoms in total. The molecule has 6 heteroatoms. The predicted octanol–water partition coefficient (Wildman–Crippen LogP) is 2.33. The van der Waals surface area contributed by atoms with Crippen LogP contribution in [0.5, 0.6) is 0 Å². The minimum Gasteiger partial charge on any atom is -0.295 e. The van der Waals surface area contributed by atoms with Crippen molar-refractivity contribution in [3.8, 4) is 0 Å². The fraction of sp³-hybridized carbons (Fsp3) is 0.667. The molecule has 18 heavy (non-hydrogen) atoms. The standard InChI is InChI=1S/C12H16ClFN2O2/c1-3-7-4-5-8(6(7)2)16-11(17)9(14)10(13)15-12(16)18/h6-8H,3-5H2,1-2H3,(H,15,18). The van der Waals surface area contributed by atoms with Gasteiger partial charge in [-0.25, -0.2) is 4.79 Å². The molecule has 0 radical (unpaired) electrons. The van der Waals surface area contributed by atoms with E-state index in [-0.39, 0.29) is 12.0 Å². The van der Waals surface area contributed by atoms with Crippen LogP contribution in [0.25, 0.3) is 0 Å². The molecule has 0 spiro atoms. The summed E-state index contributed by atoms with van der Waals surface area (Å²) in [5, 5.41) is -0.515. The van der Waals surface area contributed by atoms with E-state index in [1.165, 1.54) is 0 Å². The van der Waals surface area contributed by atoms with Gasteiger partial charge in [-0.3, -0.25) is 14.3 Å². The quantitative estimate of drug-likeness (QED) is 0.842. The molecular weight excluding hydrogens is 259 g/mol. The van der Waals surface area contributed by atoms with Crippen LogP contribution in [0.15, 0.2) is 9.59 Å². The van der Waals surface area contributed by atoms with Crippen molar-refractivity contribution in [2.75, 3.05) is 0 Å². The van der Waals surface area contributed by atoms with E-state index in [0.717, 1.165) is 23.8 Å². The minimum atomic E-state index is -1.08. The number of aromatic nitrogens is 2. The number of H-pyrrole nitrogens is 1. The van der Waals surface area contributed by atoms with Gasteiger partial charge < -0.3 is 0 Å². The van der Waals surface area contributed by atoms with Gasteiger partial charge in [0.15, 0.2) is 5.15 Å². The lowest BCUT2D eigenvalue weighted by Gasteiger charge is -2.21. The largest absolute Gasteiger partial charge is 0.329 e. The summed E-state index contributed by atoms with van der Waals surface area (Å²) in [5.74, 6) is -0.419. The zero-order valence-electron chi connectivity index (χ0n) is 10.4. The second-order valence-electron chi connectivity index (χ2n) is 4.91. The number of nitrogens with zero attached hydrogens (tertiary/aromatic N) is 1. The Labute approximate surface area is 109 Å². The average Bonchev–Trinajstić information content (AvgIpc) is 2.68. The van der Waals surface area contributed by atoms with Crippen LogP contribution in [0.1, 0.15) is 39.2 Å². The fourth-order valence-electron chi connectivity index (χ4n) is 2.97. The lowest BCUT2D eigenvalue weighted by Crippen LogP contribution is -2.41. The second-order valence-corrected chi connectivity index (χ2v) is 5.28. The van der Waals surface area contributed by atoms with Crippen molar-refractivity contribution in [3.05, 3.63) is 31.8 Å². The van der Waals surface area contributed by atoms with Gasteiger partial charge in [-0.2, -0.15) is 4.39 Å². The van der Waals surface area contributed by atoms with Crippen LogP contribution in [0, 0.1) is 17.7 Å². The maximum atomic E-state index is 13.5. The molecule has 0 aromatic carbocycles. The highest BCUT2D eigenvalue weighted by molar-refractivity contribution is 6.29. The van der Waals surface area contributed by atoms with Crippen molar-refractivity contribution in [2.24, 2.45) is 11.8 Å². The lowest BCUT2D eigenvalue weighted by atomic mass is 9.93. The Bertz CT molecular complexity index is 566. The van der Waals surface area contributed by atoms with Gasteiger partial charge in [-0.05, 0) is 24.7 Å². The van der Waals surface area contributed by atoms with E-state index in [9.17, 15) is 14.0 Å². The summed E-state index contributed by atoms with van der Waals surface area (Å²) in [6, 6.07) is -0.238. The number of hydrogen-bond acceptors (Lipinski definition) is 2. The predicted molar refractivity (Wildman–Crippen MR) is 67.5 cm³/mol. The smallest absolute Gasteiger partial charge is 0.295 e. The highest BCUT2D eigenvalue weighted by atomic mass is 35.5. The van der Waals surface area contributed by atoms with Gasteiger partial charge >= 0.3 is 5.69 Å². The Hall–Kier alpha value is -1.10. The zero-order chi connectivity index (χ0) is 13.4. The summed E-state index contributed by atoms with van der Waals surface area (Å²) >= 11 is 5.45. The highest BCUT2D eigenvalue weighted by Crippen LogP contribution is 2.40.